The zero-order valence-electron chi connectivity index (χ0n) is 10.3. The fraction of sp³-hybridized carbons (Fsp3) is 0.0714. The SMILES string of the molecule is Cc1cc(Br)c(NC(=O)c2ccccc2O)cc1N. The second-order valence-corrected chi connectivity index (χ2v) is 5.01. The minimum atomic E-state index is -0.387. The lowest BCUT2D eigenvalue weighted by molar-refractivity contribution is 0.102. The van der Waals surface area contributed by atoms with E-state index in [1.165, 1.54) is 6.07 Å². The van der Waals surface area contributed by atoms with E-state index in [0.29, 0.717) is 11.4 Å². The lowest BCUT2D eigenvalue weighted by atomic mass is 10.1. The average Bonchev–Trinajstić information content (AvgIpc) is 2.36. The van der Waals surface area contributed by atoms with E-state index in [1.54, 1.807) is 24.3 Å². The molecule has 2 aromatic carbocycles. The monoisotopic (exact) mass is 320 g/mol. The number of benzene rings is 2. The molecular formula is C14H13BrN2O2. The van der Waals surface area contributed by atoms with Gasteiger partial charge in [0.25, 0.3) is 5.91 Å². The van der Waals surface area contributed by atoms with E-state index in [9.17, 15) is 9.90 Å². The topological polar surface area (TPSA) is 75.3 Å². The minimum absolute atomic E-state index is 0.0591. The van der Waals surface area contributed by atoms with Crippen molar-refractivity contribution >= 4 is 33.2 Å². The second kappa shape index (κ2) is 5.32. The van der Waals surface area contributed by atoms with E-state index in [-0.39, 0.29) is 17.2 Å². The summed E-state index contributed by atoms with van der Waals surface area (Å²) in [7, 11) is 0. The van der Waals surface area contributed by atoms with Gasteiger partial charge in [-0.05, 0) is 52.7 Å². The van der Waals surface area contributed by atoms with E-state index < -0.39 is 0 Å². The van der Waals surface area contributed by atoms with Crippen molar-refractivity contribution in [3.63, 3.8) is 0 Å². The van der Waals surface area contributed by atoms with Crippen LogP contribution in [0.1, 0.15) is 15.9 Å². The van der Waals surface area contributed by atoms with Gasteiger partial charge in [0.05, 0.1) is 11.3 Å². The number of phenols is 1. The molecule has 0 unspecified atom stereocenters. The van der Waals surface area contributed by atoms with Crippen molar-refractivity contribution in [3.8, 4) is 5.75 Å². The number of rotatable bonds is 2. The Hall–Kier alpha value is -2.01. The van der Waals surface area contributed by atoms with E-state index >= 15 is 0 Å². The summed E-state index contributed by atoms with van der Waals surface area (Å²) >= 11 is 3.37. The first-order valence-electron chi connectivity index (χ1n) is 5.64. The molecule has 5 heteroatoms. The number of nitrogen functional groups attached to an aromatic ring is 1. The summed E-state index contributed by atoms with van der Waals surface area (Å²) in [5, 5.41) is 12.3. The normalized spacial score (nSPS) is 10.2. The maximum absolute atomic E-state index is 12.1. The first-order valence-corrected chi connectivity index (χ1v) is 6.43. The van der Waals surface area contributed by atoms with E-state index in [4.69, 9.17) is 5.73 Å². The van der Waals surface area contributed by atoms with Crippen molar-refractivity contribution in [2.75, 3.05) is 11.1 Å². The van der Waals surface area contributed by atoms with Crippen LogP contribution in [0.5, 0.6) is 5.75 Å². The van der Waals surface area contributed by atoms with Gasteiger partial charge in [-0.15, -0.1) is 0 Å². The molecule has 4 N–H and O–H groups in total. The van der Waals surface area contributed by atoms with Crippen LogP contribution in [0.25, 0.3) is 0 Å². The quantitative estimate of drug-likeness (QED) is 0.743. The number of carbonyl (C=O) groups is 1. The number of hydrogen-bond acceptors (Lipinski definition) is 3. The van der Waals surface area contributed by atoms with Crippen molar-refractivity contribution < 1.29 is 9.90 Å². The van der Waals surface area contributed by atoms with Crippen LogP contribution < -0.4 is 11.1 Å². The molecule has 0 saturated carbocycles. The van der Waals surface area contributed by atoms with Crippen LogP contribution in [0.4, 0.5) is 11.4 Å². The molecule has 98 valence electrons. The molecule has 0 spiro atoms. The Kier molecular flexibility index (Phi) is 3.76. The Balaban J connectivity index is 2.30. The highest BCUT2D eigenvalue weighted by Crippen LogP contribution is 2.28. The lowest BCUT2D eigenvalue weighted by Gasteiger charge is -2.11. The van der Waals surface area contributed by atoms with Crippen LogP contribution in [-0.2, 0) is 0 Å². The first kappa shape index (κ1) is 13.4. The molecule has 2 rings (SSSR count). The Morgan fingerprint density at radius 3 is 2.68 bits per heavy atom. The van der Waals surface area contributed by atoms with Gasteiger partial charge in [-0.1, -0.05) is 12.1 Å². The van der Waals surface area contributed by atoms with Crippen molar-refractivity contribution in [1.82, 2.24) is 0 Å². The summed E-state index contributed by atoms with van der Waals surface area (Å²) in [5.74, 6) is -0.446. The largest absolute Gasteiger partial charge is 0.507 e. The van der Waals surface area contributed by atoms with Gasteiger partial charge < -0.3 is 16.2 Å². The van der Waals surface area contributed by atoms with E-state index in [1.807, 2.05) is 13.0 Å². The maximum Gasteiger partial charge on any atom is 0.259 e. The van der Waals surface area contributed by atoms with E-state index in [2.05, 4.69) is 21.2 Å². The number of aryl methyl sites for hydroxylation is 1. The highest BCUT2D eigenvalue weighted by atomic mass is 79.9. The van der Waals surface area contributed by atoms with Crippen LogP contribution in [0, 0.1) is 6.92 Å². The Morgan fingerprint density at radius 1 is 1.32 bits per heavy atom. The van der Waals surface area contributed by atoms with Crippen molar-refractivity contribution in [1.29, 1.82) is 0 Å². The highest BCUT2D eigenvalue weighted by Gasteiger charge is 2.12. The van der Waals surface area contributed by atoms with Gasteiger partial charge in [-0.2, -0.15) is 0 Å². The van der Waals surface area contributed by atoms with Gasteiger partial charge in [-0.25, -0.2) is 0 Å². The third-order valence-electron chi connectivity index (χ3n) is 2.75. The number of nitrogens with two attached hydrogens (primary N) is 1. The van der Waals surface area contributed by atoms with Crippen molar-refractivity contribution in [2.24, 2.45) is 0 Å². The second-order valence-electron chi connectivity index (χ2n) is 4.16. The first-order chi connectivity index (χ1) is 8.99. The summed E-state index contributed by atoms with van der Waals surface area (Å²) in [6.07, 6.45) is 0. The molecule has 4 nitrogen and oxygen atoms in total. The number of hydrogen-bond donors (Lipinski definition) is 3. The predicted octanol–water partition coefficient (Wildman–Crippen LogP) is 3.30. The molecule has 1 amide bonds. The molecule has 0 aromatic heterocycles. The molecule has 0 radical (unpaired) electrons. The number of halogens is 1. The van der Waals surface area contributed by atoms with Crippen LogP contribution in [-0.4, -0.2) is 11.0 Å². The molecule has 2 aromatic rings. The Bertz CT molecular complexity index is 641. The van der Waals surface area contributed by atoms with Crippen molar-refractivity contribution in [2.45, 2.75) is 6.92 Å². The number of amides is 1. The number of phenolic OH excluding ortho intramolecular Hbond substituents is 1. The zero-order valence-corrected chi connectivity index (χ0v) is 11.9. The van der Waals surface area contributed by atoms with Crippen molar-refractivity contribution in [3.05, 3.63) is 52.0 Å². The number of nitrogens with one attached hydrogen (secondary N) is 1. The molecule has 0 bridgehead atoms. The van der Waals surface area contributed by atoms with Gasteiger partial charge in [-0.3, -0.25) is 4.79 Å². The Labute approximate surface area is 119 Å². The molecule has 0 aliphatic heterocycles. The average molecular weight is 321 g/mol. The number of aromatic hydroxyl groups is 1. The highest BCUT2D eigenvalue weighted by molar-refractivity contribution is 9.10. The third-order valence-corrected chi connectivity index (χ3v) is 3.41. The fourth-order valence-corrected chi connectivity index (χ4v) is 2.20. The smallest absolute Gasteiger partial charge is 0.259 e. The van der Waals surface area contributed by atoms with Gasteiger partial charge in [0.15, 0.2) is 0 Å². The van der Waals surface area contributed by atoms with Crippen LogP contribution in [0.2, 0.25) is 0 Å². The summed E-state index contributed by atoms with van der Waals surface area (Å²) < 4.78 is 0.739. The van der Waals surface area contributed by atoms with E-state index in [0.717, 1.165) is 10.0 Å². The van der Waals surface area contributed by atoms with Gasteiger partial charge in [0.1, 0.15) is 5.75 Å². The predicted molar refractivity (Wildman–Crippen MR) is 79.4 cm³/mol. The molecule has 0 aliphatic rings. The van der Waals surface area contributed by atoms with Gasteiger partial charge in [0.2, 0.25) is 0 Å². The molecule has 0 saturated heterocycles. The van der Waals surface area contributed by atoms with Gasteiger partial charge in [0, 0.05) is 10.2 Å². The maximum atomic E-state index is 12.1. The van der Waals surface area contributed by atoms with Crippen LogP contribution >= 0.6 is 15.9 Å². The summed E-state index contributed by atoms with van der Waals surface area (Å²) in [6.45, 7) is 1.88. The molecule has 19 heavy (non-hydrogen) atoms. The zero-order chi connectivity index (χ0) is 14.0. The minimum Gasteiger partial charge on any atom is -0.507 e. The summed E-state index contributed by atoms with van der Waals surface area (Å²) in [6, 6.07) is 9.87. The molecule has 0 fully saturated rings. The molecular weight excluding hydrogens is 308 g/mol. The number of anilines is 2. The standard InChI is InChI=1S/C14H13BrN2O2/c1-8-6-10(15)12(7-11(8)16)17-14(19)9-4-2-3-5-13(9)18/h2-7,18H,16H2,1H3,(H,17,19). The Morgan fingerprint density at radius 2 is 2.00 bits per heavy atom. The lowest BCUT2D eigenvalue weighted by Crippen LogP contribution is -2.12. The molecule has 0 aliphatic carbocycles. The summed E-state index contributed by atoms with van der Waals surface area (Å²) in [5.41, 5.74) is 8.11. The number of para-hydroxylation sites is 1. The number of carbonyl (C=O) groups excluding carboxylic acids is 1. The fourth-order valence-electron chi connectivity index (χ4n) is 1.64. The van der Waals surface area contributed by atoms with Crippen LogP contribution in [0.15, 0.2) is 40.9 Å². The van der Waals surface area contributed by atoms with Gasteiger partial charge >= 0.3 is 0 Å². The molecule has 0 heterocycles. The third kappa shape index (κ3) is 2.88. The molecule has 0 atom stereocenters. The van der Waals surface area contributed by atoms with Crippen LogP contribution in [0.3, 0.4) is 0 Å². The summed E-state index contributed by atoms with van der Waals surface area (Å²) in [4.78, 5) is 12.1.